The van der Waals surface area contributed by atoms with Crippen LogP contribution in [0.2, 0.25) is 13.1 Å². The van der Waals surface area contributed by atoms with E-state index in [-0.39, 0.29) is 26.4 Å². The van der Waals surface area contributed by atoms with Crippen molar-refractivity contribution in [1.29, 1.82) is 0 Å². The number of rotatable bonds is 8. The summed E-state index contributed by atoms with van der Waals surface area (Å²) in [5, 5.41) is 1.11. The first-order valence-corrected chi connectivity index (χ1v) is 13.2. The van der Waals surface area contributed by atoms with E-state index >= 15 is 0 Å². The van der Waals surface area contributed by atoms with Gasteiger partial charge in [0.25, 0.3) is 0 Å². The van der Waals surface area contributed by atoms with Crippen LogP contribution < -0.4 is 5.19 Å². The molecular formula is C22H30O7Si. The molecule has 0 spiro atoms. The Balaban J connectivity index is 2.68. The number of carbonyl (C=O) groups is 3. The Bertz CT molecular complexity index is 783. The van der Waals surface area contributed by atoms with Crippen LogP contribution in [0.15, 0.2) is 41.6 Å². The molecule has 1 aromatic rings. The van der Waals surface area contributed by atoms with Crippen LogP contribution in [0.5, 0.6) is 0 Å². The zero-order valence-corrected chi connectivity index (χ0v) is 19.2. The van der Waals surface area contributed by atoms with Gasteiger partial charge in [0.15, 0.2) is 6.10 Å². The van der Waals surface area contributed by atoms with E-state index in [1.54, 1.807) is 20.8 Å². The normalized spacial score (nSPS) is 19.4. The van der Waals surface area contributed by atoms with Crippen molar-refractivity contribution in [1.82, 2.24) is 0 Å². The van der Waals surface area contributed by atoms with Gasteiger partial charge in [-0.1, -0.05) is 54.3 Å². The number of benzene rings is 1. The minimum absolute atomic E-state index is 0.0440. The second kappa shape index (κ2) is 10.0. The maximum absolute atomic E-state index is 13.2. The molecule has 1 atom stereocenters. The number of hydrogen-bond donors (Lipinski definition) is 0. The quantitative estimate of drug-likeness (QED) is 0.268. The van der Waals surface area contributed by atoms with Crippen LogP contribution in [-0.2, 0) is 33.3 Å². The molecule has 1 aliphatic heterocycles. The molecule has 0 N–H and O–H groups in total. The van der Waals surface area contributed by atoms with E-state index in [9.17, 15) is 14.4 Å². The Morgan fingerprint density at radius 1 is 1.00 bits per heavy atom. The van der Waals surface area contributed by atoms with Crippen molar-refractivity contribution in [3.8, 4) is 0 Å². The number of esters is 3. The highest BCUT2D eigenvalue weighted by molar-refractivity contribution is 6.94. The molecule has 7 nitrogen and oxygen atoms in total. The van der Waals surface area contributed by atoms with Gasteiger partial charge < -0.3 is 18.9 Å². The largest absolute Gasteiger partial charge is 0.465 e. The van der Waals surface area contributed by atoms with Gasteiger partial charge in [0.1, 0.15) is 8.07 Å². The van der Waals surface area contributed by atoms with Gasteiger partial charge in [-0.25, -0.2) is 4.79 Å². The van der Waals surface area contributed by atoms with E-state index in [1.165, 1.54) is 0 Å². The average molecular weight is 435 g/mol. The molecule has 164 valence electrons. The minimum Gasteiger partial charge on any atom is -0.465 e. The van der Waals surface area contributed by atoms with Crippen LogP contribution in [-0.4, -0.2) is 58.5 Å². The summed E-state index contributed by atoms with van der Waals surface area (Å²) >= 11 is 0. The fourth-order valence-corrected chi connectivity index (χ4v) is 6.04. The first-order chi connectivity index (χ1) is 14.2. The van der Waals surface area contributed by atoms with Gasteiger partial charge in [-0.05, 0) is 26.3 Å². The van der Waals surface area contributed by atoms with Crippen LogP contribution in [0.1, 0.15) is 20.8 Å². The van der Waals surface area contributed by atoms with Crippen molar-refractivity contribution in [2.24, 2.45) is 5.41 Å². The summed E-state index contributed by atoms with van der Waals surface area (Å²) in [6, 6.07) is 9.84. The average Bonchev–Trinajstić information content (AvgIpc) is 3.08. The van der Waals surface area contributed by atoms with Gasteiger partial charge in [0, 0.05) is 0 Å². The highest BCUT2D eigenvalue weighted by atomic mass is 28.3. The predicted molar refractivity (Wildman–Crippen MR) is 114 cm³/mol. The van der Waals surface area contributed by atoms with E-state index in [4.69, 9.17) is 18.9 Å². The lowest BCUT2D eigenvalue weighted by Gasteiger charge is -2.30. The molecule has 0 amide bonds. The molecule has 1 heterocycles. The third-order valence-electron chi connectivity index (χ3n) is 5.05. The van der Waals surface area contributed by atoms with E-state index in [0.717, 1.165) is 5.19 Å². The van der Waals surface area contributed by atoms with Crippen molar-refractivity contribution in [3.63, 3.8) is 0 Å². The molecule has 1 aromatic carbocycles. The molecule has 30 heavy (non-hydrogen) atoms. The van der Waals surface area contributed by atoms with Crippen LogP contribution in [0.3, 0.4) is 0 Å². The lowest BCUT2D eigenvalue weighted by atomic mass is 9.77. The monoisotopic (exact) mass is 434 g/mol. The van der Waals surface area contributed by atoms with E-state index in [2.05, 4.69) is 13.1 Å². The van der Waals surface area contributed by atoms with Gasteiger partial charge in [0.2, 0.25) is 5.41 Å². The first-order valence-electron chi connectivity index (χ1n) is 10.2. The molecule has 0 bridgehead atoms. The summed E-state index contributed by atoms with van der Waals surface area (Å²) in [6.07, 6.45) is -1.46. The van der Waals surface area contributed by atoms with Crippen LogP contribution in [0.4, 0.5) is 0 Å². The van der Waals surface area contributed by atoms with Crippen molar-refractivity contribution in [3.05, 3.63) is 41.6 Å². The summed E-state index contributed by atoms with van der Waals surface area (Å²) in [6.45, 7) is 9.21. The fourth-order valence-electron chi connectivity index (χ4n) is 3.63. The van der Waals surface area contributed by atoms with Gasteiger partial charge in [-0.15, -0.1) is 0 Å². The maximum atomic E-state index is 13.2. The van der Waals surface area contributed by atoms with Crippen molar-refractivity contribution >= 4 is 31.2 Å². The highest BCUT2D eigenvalue weighted by Gasteiger charge is 2.65. The molecule has 0 aliphatic carbocycles. The summed E-state index contributed by atoms with van der Waals surface area (Å²) in [7, 11) is -2.26. The highest BCUT2D eigenvalue weighted by Crippen LogP contribution is 2.43. The van der Waals surface area contributed by atoms with E-state index < -0.39 is 37.5 Å². The molecule has 1 unspecified atom stereocenters. The topological polar surface area (TPSA) is 88.1 Å². The minimum atomic E-state index is -2.26. The summed E-state index contributed by atoms with van der Waals surface area (Å²) in [5.74, 6) is -2.51. The van der Waals surface area contributed by atoms with Crippen molar-refractivity contribution in [2.45, 2.75) is 40.0 Å². The molecule has 1 aliphatic rings. The number of ether oxygens (including phenoxy) is 4. The molecule has 0 saturated carbocycles. The molecule has 1 saturated heterocycles. The maximum Gasteiger partial charge on any atom is 0.337 e. The van der Waals surface area contributed by atoms with Gasteiger partial charge in [-0.2, -0.15) is 0 Å². The van der Waals surface area contributed by atoms with Crippen LogP contribution in [0.25, 0.3) is 0 Å². The molecule has 2 rings (SSSR count). The van der Waals surface area contributed by atoms with Crippen LogP contribution >= 0.6 is 0 Å². The molecule has 0 aromatic heterocycles. The van der Waals surface area contributed by atoms with E-state index in [1.807, 2.05) is 36.0 Å². The second-order valence-corrected chi connectivity index (χ2v) is 11.8. The Labute approximate surface area is 178 Å². The Morgan fingerprint density at radius 2 is 1.53 bits per heavy atom. The lowest BCUT2D eigenvalue weighted by Crippen LogP contribution is -2.53. The van der Waals surface area contributed by atoms with Gasteiger partial charge in [0.05, 0.1) is 26.4 Å². The fraction of sp³-hybridized carbons (Fsp3) is 0.500. The lowest BCUT2D eigenvalue weighted by molar-refractivity contribution is -0.182. The summed E-state index contributed by atoms with van der Waals surface area (Å²) in [4.78, 5) is 39.1. The van der Waals surface area contributed by atoms with Crippen molar-refractivity contribution < 1.29 is 33.3 Å². The number of hydrogen-bond acceptors (Lipinski definition) is 7. The Kier molecular flexibility index (Phi) is 7.97. The SMILES string of the molecule is CCOC(=O)C1OC/C(=C/[Si](C)(C)c2ccccc2)C1(C(=O)OCC)C(=O)OCC. The Hall–Kier alpha value is -2.45. The Morgan fingerprint density at radius 3 is 2.03 bits per heavy atom. The standard InChI is InChI=1S/C22H30O7Si/c1-6-26-19(23)18-22(20(24)27-7-2,21(25)28-8-3)16(14-29-18)15-30(4,5)17-12-10-9-11-13-17/h9-13,15,18H,6-8,14H2,1-5H3/b16-15-. The zero-order valence-electron chi connectivity index (χ0n) is 18.2. The smallest absolute Gasteiger partial charge is 0.337 e. The van der Waals surface area contributed by atoms with Crippen molar-refractivity contribution in [2.75, 3.05) is 26.4 Å². The zero-order chi connectivity index (χ0) is 22.4. The first kappa shape index (κ1) is 23.8. The van der Waals surface area contributed by atoms with Gasteiger partial charge in [-0.3, -0.25) is 9.59 Å². The molecule has 1 fully saturated rings. The molecule has 8 heteroatoms. The van der Waals surface area contributed by atoms with Crippen LogP contribution in [0, 0.1) is 5.41 Å². The number of carbonyl (C=O) groups excluding carboxylic acids is 3. The van der Waals surface area contributed by atoms with Gasteiger partial charge >= 0.3 is 17.9 Å². The molecule has 0 radical (unpaired) electrons. The third kappa shape index (κ3) is 4.49. The van der Waals surface area contributed by atoms with E-state index in [0.29, 0.717) is 5.57 Å². The summed E-state index contributed by atoms with van der Waals surface area (Å²) < 4.78 is 21.3. The molecular weight excluding hydrogens is 404 g/mol. The predicted octanol–water partition coefficient (Wildman–Crippen LogP) is 2.14. The summed E-state index contributed by atoms with van der Waals surface area (Å²) in [5.41, 5.74) is 0.296. The second-order valence-electron chi connectivity index (χ2n) is 7.45. The third-order valence-corrected chi connectivity index (χ3v) is 7.95.